The van der Waals surface area contributed by atoms with Crippen molar-refractivity contribution in [3.63, 3.8) is 0 Å². The number of ether oxygens (including phenoxy) is 1. The zero-order valence-electron chi connectivity index (χ0n) is 15.8. The van der Waals surface area contributed by atoms with Gasteiger partial charge in [-0.2, -0.15) is 0 Å². The van der Waals surface area contributed by atoms with Crippen LogP contribution < -0.4 is 15.4 Å². The summed E-state index contributed by atoms with van der Waals surface area (Å²) in [4.78, 5) is 4.26. The van der Waals surface area contributed by atoms with E-state index in [0.29, 0.717) is 6.54 Å². The fraction of sp³-hybridized carbons (Fsp3) is 0.316. The Hall–Kier alpha value is -2.36. The number of nitrogens with one attached hydrogen (secondary N) is 2. The van der Waals surface area contributed by atoms with E-state index >= 15 is 0 Å². The quantitative estimate of drug-likeness (QED) is 0.322. The Morgan fingerprint density at radius 1 is 1.19 bits per heavy atom. The Bertz CT molecular complexity index is 908. The van der Waals surface area contributed by atoms with Crippen LogP contribution in [0.5, 0.6) is 5.75 Å². The van der Waals surface area contributed by atoms with Crippen LogP contribution in [0.15, 0.2) is 47.6 Å². The van der Waals surface area contributed by atoms with Crippen molar-refractivity contribution in [2.45, 2.75) is 19.9 Å². The molecular weight excluding hydrogens is 455 g/mol. The van der Waals surface area contributed by atoms with Crippen LogP contribution in [0.1, 0.15) is 17.0 Å². The van der Waals surface area contributed by atoms with Crippen molar-refractivity contribution in [2.24, 2.45) is 4.99 Å². The second-order valence-electron chi connectivity index (χ2n) is 5.96. The first-order chi connectivity index (χ1) is 12.7. The van der Waals surface area contributed by atoms with Gasteiger partial charge in [0.05, 0.1) is 13.7 Å². The summed E-state index contributed by atoms with van der Waals surface area (Å²) < 4.78 is 7.39. The summed E-state index contributed by atoms with van der Waals surface area (Å²) in [6.07, 6.45) is 2.80. The predicted molar refractivity (Wildman–Crippen MR) is 118 cm³/mol. The van der Waals surface area contributed by atoms with E-state index in [1.54, 1.807) is 14.2 Å². The van der Waals surface area contributed by atoms with Crippen molar-refractivity contribution in [3.05, 3.63) is 59.5 Å². The highest BCUT2D eigenvalue weighted by molar-refractivity contribution is 14.0. The molecule has 2 aromatic heterocycles. The van der Waals surface area contributed by atoms with Crippen LogP contribution in [-0.4, -0.2) is 41.3 Å². The molecule has 3 rings (SSSR count). The zero-order chi connectivity index (χ0) is 18.4. The molecule has 0 atom stereocenters. The highest BCUT2D eigenvalue weighted by Crippen LogP contribution is 2.19. The zero-order valence-corrected chi connectivity index (χ0v) is 18.1. The average Bonchev–Trinajstić information content (AvgIpc) is 3.08. The van der Waals surface area contributed by atoms with Gasteiger partial charge in [0.25, 0.3) is 0 Å². The maximum atomic E-state index is 5.43. The SMILES string of the molecule is CN=C(NCCc1cc(C)ccc1OC)NCc1nnc2ccccn12.I. The number of nitrogens with zero attached hydrogens (tertiary/aromatic N) is 4. The van der Waals surface area contributed by atoms with Gasteiger partial charge in [-0.1, -0.05) is 23.8 Å². The molecule has 3 aromatic rings. The van der Waals surface area contributed by atoms with Gasteiger partial charge in [-0.3, -0.25) is 9.39 Å². The lowest BCUT2D eigenvalue weighted by Gasteiger charge is -2.13. The largest absolute Gasteiger partial charge is 0.496 e. The van der Waals surface area contributed by atoms with E-state index in [4.69, 9.17) is 4.74 Å². The molecule has 8 heteroatoms. The number of fused-ring (bicyclic) bond motifs is 1. The molecule has 2 heterocycles. The lowest BCUT2D eigenvalue weighted by Crippen LogP contribution is -2.38. The van der Waals surface area contributed by atoms with E-state index in [1.807, 2.05) is 34.9 Å². The van der Waals surface area contributed by atoms with Gasteiger partial charge < -0.3 is 15.4 Å². The molecule has 0 aliphatic heterocycles. The van der Waals surface area contributed by atoms with E-state index in [1.165, 1.54) is 11.1 Å². The minimum Gasteiger partial charge on any atom is -0.496 e. The third kappa shape index (κ3) is 5.31. The number of rotatable bonds is 6. The maximum absolute atomic E-state index is 5.43. The van der Waals surface area contributed by atoms with E-state index in [-0.39, 0.29) is 24.0 Å². The Balaban J connectivity index is 0.00000261. The van der Waals surface area contributed by atoms with Crippen LogP contribution >= 0.6 is 24.0 Å². The van der Waals surface area contributed by atoms with Gasteiger partial charge in [-0.05, 0) is 37.1 Å². The minimum absolute atomic E-state index is 0. The summed E-state index contributed by atoms with van der Waals surface area (Å²) in [5.41, 5.74) is 3.24. The molecular formula is C19H25IN6O. The number of aryl methyl sites for hydroxylation is 1. The third-order valence-corrected chi connectivity index (χ3v) is 4.14. The Kier molecular flexibility index (Phi) is 7.83. The lowest BCUT2D eigenvalue weighted by atomic mass is 10.1. The molecule has 144 valence electrons. The van der Waals surface area contributed by atoms with Crippen LogP contribution in [-0.2, 0) is 13.0 Å². The number of hydrogen-bond donors (Lipinski definition) is 2. The molecule has 0 amide bonds. The smallest absolute Gasteiger partial charge is 0.191 e. The lowest BCUT2D eigenvalue weighted by molar-refractivity contribution is 0.409. The van der Waals surface area contributed by atoms with Crippen LogP contribution in [0.4, 0.5) is 0 Å². The topological polar surface area (TPSA) is 75.8 Å². The van der Waals surface area contributed by atoms with Crippen molar-refractivity contribution < 1.29 is 4.74 Å². The Morgan fingerprint density at radius 2 is 2.04 bits per heavy atom. The number of aromatic nitrogens is 3. The highest BCUT2D eigenvalue weighted by Gasteiger charge is 2.07. The Labute approximate surface area is 176 Å². The predicted octanol–water partition coefficient (Wildman–Crippen LogP) is 2.57. The second kappa shape index (κ2) is 10.1. The molecule has 27 heavy (non-hydrogen) atoms. The first-order valence-corrected chi connectivity index (χ1v) is 8.58. The van der Waals surface area contributed by atoms with Crippen molar-refractivity contribution in [1.82, 2.24) is 25.2 Å². The number of halogens is 1. The van der Waals surface area contributed by atoms with Crippen molar-refractivity contribution in [2.75, 3.05) is 20.7 Å². The van der Waals surface area contributed by atoms with E-state index in [9.17, 15) is 0 Å². The van der Waals surface area contributed by atoms with E-state index in [2.05, 4.69) is 44.9 Å². The maximum Gasteiger partial charge on any atom is 0.191 e. The molecule has 2 N–H and O–H groups in total. The van der Waals surface area contributed by atoms with Crippen LogP contribution in [0.2, 0.25) is 0 Å². The molecule has 1 aromatic carbocycles. The summed E-state index contributed by atoms with van der Waals surface area (Å²) in [5, 5.41) is 15.0. The molecule has 0 bridgehead atoms. The molecule has 0 fully saturated rings. The third-order valence-electron chi connectivity index (χ3n) is 4.14. The van der Waals surface area contributed by atoms with Crippen molar-refractivity contribution >= 4 is 35.6 Å². The molecule has 0 aliphatic rings. The van der Waals surface area contributed by atoms with Gasteiger partial charge in [0.15, 0.2) is 17.4 Å². The molecule has 0 saturated heterocycles. The van der Waals surface area contributed by atoms with Crippen LogP contribution in [0.25, 0.3) is 5.65 Å². The van der Waals surface area contributed by atoms with Gasteiger partial charge in [0, 0.05) is 19.8 Å². The number of guanidine groups is 1. The van der Waals surface area contributed by atoms with Gasteiger partial charge >= 0.3 is 0 Å². The summed E-state index contributed by atoms with van der Waals surface area (Å²) in [6, 6.07) is 12.1. The Morgan fingerprint density at radius 3 is 2.81 bits per heavy atom. The molecule has 0 unspecified atom stereocenters. The number of hydrogen-bond acceptors (Lipinski definition) is 4. The number of benzene rings is 1. The normalized spacial score (nSPS) is 11.1. The van der Waals surface area contributed by atoms with Gasteiger partial charge in [-0.15, -0.1) is 34.2 Å². The first kappa shape index (κ1) is 20.9. The highest BCUT2D eigenvalue weighted by atomic mass is 127. The number of pyridine rings is 1. The van der Waals surface area contributed by atoms with Crippen molar-refractivity contribution in [3.8, 4) is 5.75 Å². The van der Waals surface area contributed by atoms with Crippen LogP contribution in [0, 0.1) is 6.92 Å². The fourth-order valence-corrected chi connectivity index (χ4v) is 2.81. The summed E-state index contributed by atoms with van der Waals surface area (Å²) in [7, 11) is 3.45. The molecule has 7 nitrogen and oxygen atoms in total. The summed E-state index contributed by atoms with van der Waals surface area (Å²) in [6.45, 7) is 3.37. The van der Waals surface area contributed by atoms with Crippen molar-refractivity contribution in [1.29, 1.82) is 0 Å². The molecule has 0 aliphatic carbocycles. The van der Waals surface area contributed by atoms with Crippen LogP contribution in [0.3, 0.4) is 0 Å². The summed E-state index contributed by atoms with van der Waals surface area (Å²) >= 11 is 0. The fourth-order valence-electron chi connectivity index (χ4n) is 2.81. The standard InChI is InChI=1S/C19H24N6O.HI/c1-14-7-8-16(26-3)15(12-14)9-10-21-19(20-2)22-13-18-24-23-17-6-4-5-11-25(17)18;/h4-8,11-12H,9-10,13H2,1-3H3,(H2,20,21,22);1H. The first-order valence-electron chi connectivity index (χ1n) is 8.58. The minimum atomic E-state index is 0. The molecule has 0 radical (unpaired) electrons. The monoisotopic (exact) mass is 480 g/mol. The second-order valence-corrected chi connectivity index (χ2v) is 5.96. The van der Waals surface area contributed by atoms with Gasteiger partial charge in [0.1, 0.15) is 5.75 Å². The van der Waals surface area contributed by atoms with E-state index < -0.39 is 0 Å². The van der Waals surface area contributed by atoms with Gasteiger partial charge in [0.2, 0.25) is 0 Å². The van der Waals surface area contributed by atoms with E-state index in [0.717, 1.165) is 36.1 Å². The van der Waals surface area contributed by atoms with Gasteiger partial charge in [-0.25, -0.2) is 0 Å². The molecule has 0 saturated carbocycles. The number of methoxy groups -OCH3 is 1. The molecule has 0 spiro atoms. The summed E-state index contributed by atoms with van der Waals surface area (Å²) in [5.74, 6) is 2.48. The average molecular weight is 480 g/mol. The number of aliphatic imine (C=N–C) groups is 1.